The normalized spacial score (nSPS) is 10.2. The van der Waals surface area contributed by atoms with Crippen LogP contribution in [-0.2, 0) is 5.88 Å². The molecule has 0 aliphatic heterocycles. The number of nitrogens with zero attached hydrogens (tertiary/aromatic N) is 2. The highest BCUT2D eigenvalue weighted by atomic mass is 35.5. The molecule has 0 aliphatic rings. The van der Waals surface area contributed by atoms with Crippen LogP contribution in [-0.4, -0.2) is 15.5 Å². The molecular weight excluding hydrogens is 258 g/mol. The van der Waals surface area contributed by atoms with E-state index in [1.54, 1.807) is 6.92 Å². The van der Waals surface area contributed by atoms with Gasteiger partial charge < -0.3 is 5.32 Å². The number of hydrogen-bond donors (Lipinski definition) is 1. The molecule has 2 aromatic rings. The molecule has 0 aliphatic carbocycles. The minimum absolute atomic E-state index is 0.191. The van der Waals surface area contributed by atoms with Crippen LogP contribution >= 0.6 is 23.1 Å². The summed E-state index contributed by atoms with van der Waals surface area (Å²) in [5, 5.41) is 6.59. The number of carbonyl (C=O) groups excluding carboxylic acids is 1. The van der Waals surface area contributed by atoms with Crippen molar-refractivity contribution in [1.29, 1.82) is 0 Å². The first-order valence-electron chi connectivity index (χ1n) is 4.96. The molecule has 1 aromatic heterocycles. The van der Waals surface area contributed by atoms with Gasteiger partial charge in [0.15, 0.2) is 0 Å². The molecule has 0 unspecified atom stereocenters. The third kappa shape index (κ3) is 2.81. The summed E-state index contributed by atoms with van der Waals surface area (Å²) in [5.41, 5.74) is 2.32. The van der Waals surface area contributed by atoms with Crippen LogP contribution in [0.4, 0.5) is 5.69 Å². The zero-order valence-electron chi connectivity index (χ0n) is 9.11. The Morgan fingerprint density at radius 1 is 1.53 bits per heavy atom. The molecular formula is C11H10ClN3OS. The molecule has 0 saturated heterocycles. The van der Waals surface area contributed by atoms with Gasteiger partial charge in [0.1, 0.15) is 4.88 Å². The summed E-state index contributed by atoms with van der Waals surface area (Å²) in [6.07, 6.45) is 0. The largest absolute Gasteiger partial charge is 0.321 e. The number of alkyl halides is 1. The predicted molar refractivity (Wildman–Crippen MR) is 68.6 cm³/mol. The molecule has 0 saturated carbocycles. The third-order valence-corrected chi connectivity index (χ3v) is 3.33. The Labute approximate surface area is 108 Å². The minimum Gasteiger partial charge on any atom is -0.321 e. The van der Waals surface area contributed by atoms with E-state index in [-0.39, 0.29) is 5.91 Å². The number of hydrogen-bond acceptors (Lipinski definition) is 4. The standard InChI is InChI=1S/C11H10ClN3OS/c1-7-10(17-15-14-7)11(16)13-9-4-2-3-8(5-9)6-12/h2-5H,6H2,1H3,(H,13,16). The summed E-state index contributed by atoms with van der Waals surface area (Å²) >= 11 is 6.82. The van der Waals surface area contributed by atoms with Crippen LogP contribution in [0.1, 0.15) is 20.9 Å². The molecule has 0 fully saturated rings. The van der Waals surface area contributed by atoms with Crippen LogP contribution in [0.25, 0.3) is 0 Å². The lowest BCUT2D eigenvalue weighted by atomic mass is 10.2. The SMILES string of the molecule is Cc1nnsc1C(=O)Nc1cccc(CCl)c1. The Morgan fingerprint density at radius 2 is 2.35 bits per heavy atom. The lowest BCUT2D eigenvalue weighted by Gasteiger charge is -2.04. The van der Waals surface area contributed by atoms with Crippen molar-refractivity contribution in [1.82, 2.24) is 9.59 Å². The van der Waals surface area contributed by atoms with E-state index >= 15 is 0 Å². The number of amides is 1. The Kier molecular flexibility index (Phi) is 3.71. The van der Waals surface area contributed by atoms with Crippen molar-refractivity contribution in [3.8, 4) is 0 Å². The molecule has 0 radical (unpaired) electrons. The van der Waals surface area contributed by atoms with E-state index in [1.807, 2.05) is 24.3 Å². The number of benzene rings is 1. The smallest absolute Gasteiger partial charge is 0.269 e. The Bertz CT molecular complexity index is 541. The first kappa shape index (κ1) is 12.0. The van der Waals surface area contributed by atoms with Crippen LogP contribution in [0.2, 0.25) is 0 Å². The average Bonchev–Trinajstić information content (AvgIpc) is 2.76. The Morgan fingerprint density at radius 3 is 3.00 bits per heavy atom. The summed E-state index contributed by atoms with van der Waals surface area (Å²) in [6, 6.07) is 7.42. The van der Waals surface area contributed by atoms with Crippen LogP contribution in [0.5, 0.6) is 0 Å². The molecule has 1 amide bonds. The van der Waals surface area contributed by atoms with Gasteiger partial charge in [-0.15, -0.1) is 16.7 Å². The zero-order chi connectivity index (χ0) is 12.3. The second-order valence-corrected chi connectivity index (χ2v) is 4.50. The van der Waals surface area contributed by atoms with Gasteiger partial charge >= 0.3 is 0 Å². The third-order valence-electron chi connectivity index (χ3n) is 2.20. The van der Waals surface area contributed by atoms with Gasteiger partial charge in [-0.25, -0.2) is 0 Å². The van der Waals surface area contributed by atoms with Gasteiger partial charge in [0, 0.05) is 11.6 Å². The highest BCUT2D eigenvalue weighted by Crippen LogP contribution is 2.16. The quantitative estimate of drug-likeness (QED) is 0.870. The van der Waals surface area contributed by atoms with E-state index in [0.717, 1.165) is 22.8 Å². The minimum atomic E-state index is -0.191. The van der Waals surface area contributed by atoms with Gasteiger partial charge in [-0.3, -0.25) is 4.79 Å². The maximum Gasteiger partial charge on any atom is 0.269 e. The molecule has 1 heterocycles. The van der Waals surface area contributed by atoms with Gasteiger partial charge in [0.2, 0.25) is 0 Å². The number of nitrogens with one attached hydrogen (secondary N) is 1. The topological polar surface area (TPSA) is 54.9 Å². The molecule has 17 heavy (non-hydrogen) atoms. The van der Waals surface area contributed by atoms with E-state index < -0.39 is 0 Å². The Hall–Kier alpha value is -1.46. The fraction of sp³-hybridized carbons (Fsp3) is 0.182. The fourth-order valence-electron chi connectivity index (χ4n) is 1.36. The number of aryl methyl sites for hydroxylation is 1. The molecule has 2 rings (SSSR count). The molecule has 6 heteroatoms. The lowest BCUT2D eigenvalue weighted by molar-refractivity contribution is 0.103. The van der Waals surface area contributed by atoms with Gasteiger partial charge in [-0.2, -0.15) is 0 Å². The Balaban J connectivity index is 2.16. The van der Waals surface area contributed by atoms with Crippen LogP contribution in [0.15, 0.2) is 24.3 Å². The molecule has 0 spiro atoms. The first-order valence-corrected chi connectivity index (χ1v) is 6.26. The van der Waals surface area contributed by atoms with Crippen LogP contribution in [0.3, 0.4) is 0 Å². The van der Waals surface area contributed by atoms with Crippen molar-refractivity contribution in [2.24, 2.45) is 0 Å². The molecule has 0 bridgehead atoms. The number of carbonyl (C=O) groups is 1. The lowest BCUT2D eigenvalue weighted by Crippen LogP contribution is -2.11. The maximum absolute atomic E-state index is 11.9. The summed E-state index contributed by atoms with van der Waals surface area (Å²) in [5.74, 6) is 0.231. The highest BCUT2D eigenvalue weighted by molar-refractivity contribution is 7.08. The van der Waals surface area contributed by atoms with E-state index in [4.69, 9.17) is 11.6 Å². The zero-order valence-corrected chi connectivity index (χ0v) is 10.7. The second kappa shape index (κ2) is 5.25. The molecule has 4 nitrogen and oxygen atoms in total. The van der Waals surface area contributed by atoms with Crippen LogP contribution < -0.4 is 5.32 Å². The second-order valence-electron chi connectivity index (χ2n) is 3.48. The van der Waals surface area contributed by atoms with Gasteiger partial charge in [-0.05, 0) is 36.2 Å². The summed E-state index contributed by atoms with van der Waals surface area (Å²) in [6.45, 7) is 1.76. The van der Waals surface area contributed by atoms with E-state index in [1.165, 1.54) is 0 Å². The molecule has 88 valence electrons. The summed E-state index contributed by atoms with van der Waals surface area (Å²) < 4.78 is 3.73. The van der Waals surface area contributed by atoms with Crippen molar-refractivity contribution in [2.75, 3.05) is 5.32 Å². The average molecular weight is 268 g/mol. The number of anilines is 1. The predicted octanol–water partition coefficient (Wildman–Crippen LogP) is 2.84. The van der Waals surface area contributed by atoms with Crippen molar-refractivity contribution in [3.63, 3.8) is 0 Å². The number of aromatic nitrogens is 2. The first-order chi connectivity index (χ1) is 8.20. The maximum atomic E-state index is 11.9. The van der Waals surface area contributed by atoms with E-state index in [0.29, 0.717) is 16.5 Å². The molecule has 0 atom stereocenters. The molecule has 1 aromatic carbocycles. The summed E-state index contributed by atoms with van der Waals surface area (Å²) in [7, 11) is 0. The van der Waals surface area contributed by atoms with Crippen molar-refractivity contribution < 1.29 is 4.79 Å². The number of rotatable bonds is 3. The van der Waals surface area contributed by atoms with Gasteiger partial charge in [-0.1, -0.05) is 16.6 Å². The van der Waals surface area contributed by atoms with Crippen molar-refractivity contribution in [2.45, 2.75) is 12.8 Å². The van der Waals surface area contributed by atoms with Gasteiger partial charge in [0.05, 0.1) is 5.69 Å². The fourth-order valence-corrected chi connectivity index (χ4v) is 2.08. The monoisotopic (exact) mass is 267 g/mol. The summed E-state index contributed by atoms with van der Waals surface area (Å²) in [4.78, 5) is 12.4. The molecule has 1 N–H and O–H groups in total. The van der Waals surface area contributed by atoms with Crippen LogP contribution in [0, 0.1) is 6.92 Å². The van der Waals surface area contributed by atoms with Crippen molar-refractivity contribution in [3.05, 3.63) is 40.4 Å². The van der Waals surface area contributed by atoms with Gasteiger partial charge in [0.25, 0.3) is 5.91 Å². The van der Waals surface area contributed by atoms with Crippen molar-refractivity contribution >= 4 is 34.7 Å². The number of halogens is 1. The van der Waals surface area contributed by atoms with E-state index in [9.17, 15) is 4.79 Å². The highest BCUT2D eigenvalue weighted by Gasteiger charge is 2.13. The van der Waals surface area contributed by atoms with E-state index in [2.05, 4.69) is 14.9 Å².